The Morgan fingerprint density at radius 3 is 2.59 bits per heavy atom. The van der Waals surface area contributed by atoms with E-state index in [1.165, 1.54) is 0 Å². The summed E-state index contributed by atoms with van der Waals surface area (Å²) >= 11 is 0. The Hall–Kier alpha value is -1.41. The Labute approximate surface area is 102 Å². The third-order valence-corrected chi connectivity index (χ3v) is 2.59. The van der Waals surface area contributed by atoms with Gasteiger partial charge in [0.05, 0.1) is 24.3 Å². The Bertz CT molecular complexity index is 370. The molecule has 1 unspecified atom stereocenters. The van der Waals surface area contributed by atoms with Crippen LogP contribution in [0.25, 0.3) is 0 Å². The quantitative estimate of drug-likeness (QED) is 0.802. The summed E-state index contributed by atoms with van der Waals surface area (Å²) in [5, 5.41) is 18.7. The fourth-order valence-corrected chi connectivity index (χ4v) is 1.52. The summed E-state index contributed by atoms with van der Waals surface area (Å²) in [6.07, 6.45) is -0.537. The van der Waals surface area contributed by atoms with Crippen molar-refractivity contribution < 1.29 is 9.84 Å². The average molecular weight is 234 g/mol. The van der Waals surface area contributed by atoms with E-state index in [0.29, 0.717) is 18.7 Å². The van der Waals surface area contributed by atoms with Gasteiger partial charge in [-0.05, 0) is 24.7 Å². The van der Waals surface area contributed by atoms with Crippen molar-refractivity contribution in [3.8, 4) is 6.07 Å². The minimum Gasteiger partial charge on any atom is -0.387 e. The Morgan fingerprint density at radius 1 is 1.41 bits per heavy atom. The van der Waals surface area contributed by atoms with Crippen molar-refractivity contribution in [2.75, 3.05) is 33.9 Å². The van der Waals surface area contributed by atoms with Crippen LogP contribution in [0.15, 0.2) is 24.3 Å². The number of nitriles is 1. The summed E-state index contributed by atoms with van der Waals surface area (Å²) in [7, 11) is 3.59. The van der Waals surface area contributed by atoms with Crippen molar-refractivity contribution >= 4 is 0 Å². The molecule has 1 N–H and O–H groups in total. The van der Waals surface area contributed by atoms with Crippen LogP contribution >= 0.6 is 0 Å². The smallest absolute Gasteiger partial charge is 0.0991 e. The number of aliphatic hydroxyl groups is 1. The van der Waals surface area contributed by atoms with Crippen molar-refractivity contribution in [3.05, 3.63) is 35.4 Å². The van der Waals surface area contributed by atoms with E-state index in [9.17, 15) is 5.11 Å². The van der Waals surface area contributed by atoms with Gasteiger partial charge in [-0.2, -0.15) is 5.26 Å². The first kappa shape index (κ1) is 13.7. The maximum Gasteiger partial charge on any atom is 0.0991 e. The number of hydrogen-bond donors (Lipinski definition) is 1. The van der Waals surface area contributed by atoms with Crippen LogP contribution < -0.4 is 0 Å². The molecule has 0 heterocycles. The molecule has 1 aromatic rings. The van der Waals surface area contributed by atoms with E-state index >= 15 is 0 Å². The first-order valence-electron chi connectivity index (χ1n) is 5.53. The fourth-order valence-electron chi connectivity index (χ4n) is 1.52. The Balaban J connectivity index is 2.51. The molecule has 0 aliphatic carbocycles. The van der Waals surface area contributed by atoms with E-state index in [-0.39, 0.29) is 0 Å². The molecule has 0 saturated carbocycles. The summed E-state index contributed by atoms with van der Waals surface area (Å²) in [6, 6.07) is 9.06. The second kappa shape index (κ2) is 7.02. The predicted octanol–water partition coefficient (Wildman–Crippen LogP) is 1.17. The van der Waals surface area contributed by atoms with Gasteiger partial charge < -0.3 is 14.7 Å². The van der Waals surface area contributed by atoms with Crippen LogP contribution in [0.4, 0.5) is 0 Å². The van der Waals surface area contributed by atoms with Gasteiger partial charge in [-0.25, -0.2) is 0 Å². The fraction of sp³-hybridized carbons (Fsp3) is 0.462. The van der Waals surface area contributed by atoms with Crippen LogP contribution in [0.5, 0.6) is 0 Å². The molecule has 1 aromatic carbocycles. The number of methoxy groups -OCH3 is 1. The molecule has 0 radical (unpaired) electrons. The summed E-state index contributed by atoms with van der Waals surface area (Å²) < 4.78 is 4.97. The van der Waals surface area contributed by atoms with Gasteiger partial charge in [0.2, 0.25) is 0 Å². The molecule has 1 atom stereocenters. The largest absolute Gasteiger partial charge is 0.387 e. The van der Waals surface area contributed by atoms with Crippen molar-refractivity contribution in [1.29, 1.82) is 5.26 Å². The van der Waals surface area contributed by atoms with Gasteiger partial charge in [0.1, 0.15) is 0 Å². The summed E-state index contributed by atoms with van der Waals surface area (Å²) in [5.74, 6) is 0. The molecular weight excluding hydrogens is 216 g/mol. The first-order valence-corrected chi connectivity index (χ1v) is 5.53. The third-order valence-electron chi connectivity index (χ3n) is 2.59. The molecule has 17 heavy (non-hydrogen) atoms. The number of likely N-dealkylation sites (N-methyl/N-ethyl adjacent to an activating group) is 1. The van der Waals surface area contributed by atoms with E-state index < -0.39 is 6.10 Å². The van der Waals surface area contributed by atoms with E-state index in [0.717, 1.165) is 12.1 Å². The molecule has 4 nitrogen and oxygen atoms in total. The normalized spacial score (nSPS) is 12.4. The lowest BCUT2D eigenvalue weighted by atomic mass is 10.1. The van der Waals surface area contributed by atoms with Crippen LogP contribution in [0.1, 0.15) is 17.2 Å². The molecule has 0 aromatic heterocycles. The van der Waals surface area contributed by atoms with E-state index in [4.69, 9.17) is 10.00 Å². The molecule has 0 fully saturated rings. The van der Waals surface area contributed by atoms with Crippen LogP contribution in [-0.4, -0.2) is 43.9 Å². The minimum absolute atomic E-state index is 0.537. The number of ether oxygens (including phenoxy) is 1. The zero-order valence-corrected chi connectivity index (χ0v) is 10.3. The van der Waals surface area contributed by atoms with E-state index in [1.807, 2.05) is 11.9 Å². The lowest BCUT2D eigenvalue weighted by Crippen LogP contribution is -2.27. The van der Waals surface area contributed by atoms with E-state index in [2.05, 4.69) is 6.07 Å². The van der Waals surface area contributed by atoms with Gasteiger partial charge in [-0.3, -0.25) is 0 Å². The SMILES string of the molecule is COCCN(C)CC(O)c1ccc(C#N)cc1. The average Bonchev–Trinajstić information content (AvgIpc) is 2.36. The lowest BCUT2D eigenvalue weighted by molar-refractivity contribution is 0.103. The van der Waals surface area contributed by atoms with Crippen LogP contribution in [0.3, 0.4) is 0 Å². The first-order chi connectivity index (χ1) is 8.17. The molecule has 0 amide bonds. The molecule has 0 saturated heterocycles. The zero-order valence-electron chi connectivity index (χ0n) is 10.3. The predicted molar refractivity (Wildman–Crippen MR) is 65.5 cm³/mol. The highest BCUT2D eigenvalue weighted by Gasteiger charge is 2.10. The molecule has 92 valence electrons. The molecular formula is C13H18N2O2. The highest BCUT2D eigenvalue weighted by molar-refractivity contribution is 5.32. The van der Waals surface area contributed by atoms with Gasteiger partial charge in [0.25, 0.3) is 0 Å². The van der Waals surface area contributed by atoms with Gasteiger partial charge >= 0.3 is 0 Å². The number of aliphatic hydroxyl groups excluding tert-OH is 1. The highest BCUT2D eigenvalue weighted by Crippen LogP contribution is 2.14. The molecule has 1 rings (SSSR count). The van der Waals surface area contributed by atoms with Gasteiger partial charge in [-0.1, -0.05) is 12.1 Å². The Morgan fingerprint density at radius 2 is 2.06 bits per heavy atom. The maximum absolute atomic E-state index is 9.99. The second-order valence-corrected chi connectivity index (χ2v) is 4.00. The molecule has 0 aliphatic rings. The number of nitrogens with zero attached hydrogens (tertiary/aromatic N) is 2. The van der Waals surface area contributed by atoms with Crippen molar-refractivity contribution in [2.24, 2.45) is 0 Å². The minimum atomic E-state index is -0.537. The van der Waals surface area contributed by atoms with Crippen LogP contribution in [0, 0.1) is 11.3 Å². The summed E-state index contributed by atoms with van der Waals surface area (Å²) in [6.45, 7) is 1.98. The molecule has 0 bridgehead atoms. The van der Waals surface area contributed by atoms with Gasteiger partial charge in [0, 0.05) is 20.2 Å². The van der Waals surface area contributed by atoms with Crippen molar-refractivity contribution in [1.82, 2.24) is 4.90 Å². The van der Waals surface area contributed by atoms with Gasteiger partial charge in [0.15, 0.2) is 0 Å². The van der Waals surface area contributed by atoms with Crippen molar-refractivity contribution in [2.45, 2.75) is 6.10 Å². The second-order valence-electron chi connectivity index (χ2n) is 4.00. The molecule has 4 heteroatoms. The number of benzene rings is 1. The third kappa shape index (κ3) is 4.53. The topological polar surface area (TPSA) is 56.5 Å². The number of hydrogen-bond acceptors (Lipinski definition) is 4. The summed E-state index contributed by atoms with van der Waals surface area (Å²) in [5.41, 5.74) is 1.43. The summed E-state index contributed by atoms with van der Waals surface area (Å²) in [4.78, 5) is 2.01. The standard InChI is InChI=1S/C13H18N2O2/c1-15(7-8-17-2)10-13(16)12-5-3-11(9-14)4-6-12/h3-6,13,16H,7-8,10H2,1-2H3. The highest BCUT2D eigenvalue weighted by atomic mass is 16.5. The van der Waals surface area contributed by atoms with E-state index in [1.54, 1.807) is 31.4 Å². The Kier molecular flexibility index (Phi) is 5.64. The van der Waals surface area contributed by atoms with Crippen LogP contribution in [0.2, 0.25) is 0 Å². The maximum atomic E-state index is 9.99. The van der Waals surface area contributed by atoms with Gasteiger partial charge in [-0.15, -0.1) is 0 Å². The zero-order chi connectivity index (χ0) is 12.7. The van der Waals surface area contributed by atoms with Crippen LogP contribution in [-0.2, 0) is 4.74 Å². The lowest BCUT2D eigenvalue weighted by Gasteiger charge is -2.20. The number of rotatable bonds is 6. The molecule has 0 spiro atoms. The van der Waals surface area contributed by atoms with Crippen molar-refractivity contribution in [3.63, 3.8) is 0 Å². The molecule has 0 aliphatic heterocycles. The monoisotopic (exact) mass is 234 g/mol.